The Morgan fingerprint density at radius 1 is 1.32 bits per heavy atom. The zero-order chi connectivity index (χ0) is 18.4. The molecule has 0 saturated carbocycles. The van der Waals surface area contributed by atoms with Crippen molar-refractivity contribution in [2.45, 2.75) is 33.2 Å². The molecule has 8 heteroatoms. The number of aromatic nitrogens is 2. The molecule has 0 aliphatic carbocycles. The van der Waals surface area contributed by atoms with Gasteiger partial charge in [0.1, 0.15) is 5.01 Å². The Kier molecular flexibility index (Phi) is 6.66. The number of pyridine rings is 1. The van der Waals surface area contributed by atoms with E-state index < -0.39 is 9.84 Å². The lowest BCUT2D eigenvalue weighted by Crippen LogP contribution is -2.43. The molecule has 0 N–H and O–H groups in total. The molecule has 25 heavy (non-hydrogen) atoms. The summed E-state index contributed by atoms with van der Waals surface area (Å²) in [5.41, 5.74) is 1.46. The van der Waals surface area contributed by atoms with Crippen LogP contribution in [0.1, 0.15) is 26.5 Å². The standard InChI is InChI=1S/C17H23N3O3S2/c1-4-20(13(3)12-25(22,23)5-2)16(21)10-14-11-24-17(19-14)15-8-6-7-9-18-15/h6-9,11,13H,4-5,10,12H2,1-3H3. The predicted octanol–water partition coefficient (Wildman–Crippen LogP) is 2.42. The smallest absolute Gasteiger partial charge is 0.228 e. The van der Waals surface area contributed by atoms with Crippen LogP contribution in [-0.4, -0.2) is 53.3 Å². The van der Waals surface area contributed by atoms with Gasteiger partial charge in [0.2, 0.25) is 5.91 Å². The van der Waals surface area contributed by atoms with Gasteiger partial charge in [0, 0.05) is 29.9 Å². The Hall–Kier alpha value is -1.80. The Morgan fingerprint density at radius 2 is 2.08 bits per heavy atom. The van der Waals surface area contributed by atoms with Crippen LogP contribution < -0.4 is 0 Å². The number of likely N-dealkylation sites (N-methyl/N-ethyl adjacent to an activating group) is 1. The molecule has 1 atom stereocenters. The van der Waals surface area contributed by atoms with Gasteiger partial charge in [0.05, 0.1) is 23.6 Å². The van der Waals surface area contributed by atoms with Crippen LogP contribution >= 0.6 is 11.3 Å². The highest BCUT2D eigenvalue weighted by Crippen LogP contribution is 2.22. The van der Waals surface area contributed by atoms with Crippen molar-refractivity contribution >= 4 is 27.1 Å². The van der Waals surface area contributed by atoms with E-state index in [0.717, 1.165) is 10.7 Å². The third kappa shape index (κ3) is 5.34. The number of hydrogen-bond donors (Lipinski definition) is 0. The summed E-state index contributed by atoms with van der Waals surface area (Å²) in [7, 11) is -3.13. The van der Waals surface area contributed by atoms with Gasteiger partial charge in [-0.05, 0) is 26.0 Å². The lowest BCUT2D eigenvalue weighted by atomic mass is 10.2. The van der Waals surface area contributed by atoms with Gasteiger partial charge in [-0.1, -0.05) is 13.0 Å². The number of carbonyl (C=O) groups excluding carboxylic acids is 1. The van der Waals surface area contributed by atoms with Gasteiger partial charge in [-0.15, -0.1) is 11.3 Å². The van der Waals surface area contributed by atoms with E-state index in [0.29, 0.717) is 12.2 Å². The zero-order valence-electron chi connectivity index (χ0n) is 14.7. The normalized spacial score (nSPS) is 12.8. The van der Waals surface area contributed by atoms with Crippen LogP contribution in [0.25, 0.3) is 10.7 Å². The summed E-state index contributed by atoms with van der Waals surface area (Å²) in [4.78, 5) is 22.9. The molecule has 2 heterocycles. The molecule has 2 rings (SSSR count). The summed E-state index contributed by atoms with van der Waals surface area (Å²) in [5, 5.41) is 2.62. The van der Waals surface area contributed by atoms with Gasteiger partial charge in [-0.2, -0.15) is 0 Å². The van der Waals surface area contributed by atoms with E-state index in [9.17, 15) is 13.2 Å². The maximum Gasteiger partial charge on any atom is 0.228 e. The molecule has 0 bridgehead atoms. The van der Waals surface area contributed by atoms with Gasteiger partial charge < -0.3 is 4.90 Å². The Balaban J connectivity index is 2.06. The molecule has 1 unspecified atom stereocenters. The van der Waals surface area contributed by atoms with Crippen molar-refractivity contribution in [1.82, 2.24) is 14.9 Å². The molecule has 136 valence electrons. The fourth-order valence-electron chi connectivity index (χ4n) is 2.56. The highest BCUT2D eigenvalue weighted by atomic mass is 32.2. The predicted molar refractivity (Wildman–Crippen MR) is 100 cm³/mol. The van der Waals surface area contributed by atoms with E-state index in [1.807, 2.05) is 30.5 Å². The van der Waals surface area contributed by atoms with Gasteiger partial charge in [-0.3, -0.25) is 9.78 Å². The topological polar surface area (TPSA) is 80.2 Å². The summed E-state index contributed by atoms with van der Waals surface area (Å²) in [5.74, 6) is -0.0405. The summed E-state index contributed by atoms with van der Waals surface area (Å²) in [6, 6.07) is 5.26. The quantitative estimate of drug-likeness (QED) is 0.701. The molecule has 0 aliphatic rings. The third-order valence-electron chi connectivity index (χ3n) is 3.90. The number of thiazole rings is 1. The second kappa shape index (κ2) is 8.53. The molecule has 6 nitrogen and oxygen atoms in total. The second-order valence-electron chi connectivity index (χ2n) is 5.76. The minimum absolute atomic E-state index is 0.0146. The lowest BCUT2D eigenvalue weighted by molar-refractivity contribution is -0.131. The average molecular weight is 382 g/mol. The molecule has 1 amide bonds. The van der Waals surface area contributed by atoms with Crippen molar-refractivity contribution in [2.75, 3.05) is 18.1 Å². The minimum atomic E-state index is -3.13. The van der Waals surface area contributed by atoms with E-state index >= 15 is 0 Å². The first-order chi connectivity index (χ1) is 11.9. The molecule has 0 fully saturated rings. The van der Waals surface area contributed by atoms with E-state index in [1.165, 1.54) is 11.3 Å². The fourth-order valence-corrected chi connectivity index (χ4v) is 4.51. The molecule has 0 spiro atoms. The van der Waals surface area contributed by atoms with Gasteiger partial charge >= 0.3 is 0 Å². The maximum atomic E-state index is 12.6. The summed E-state index contributed by atoms with van der Waals surface area (Å²) in [6.07, 6.45) is 1.86. The molecule has 0 aromatic carbocycles. The number of rotatable bonds is 8. The van der Waals surface area contributed by atoms with Crippen LogP contribution in [0.3, 0.4) is 0 Å². The average Bonchev–Trinajstić information content (AvgIpc) is 3.04. The molecule has 0 radical (unpaired) electrons. The van der Waals surface area contributed by atoms with Crippen LogP contribution in [-0.2, 0) is 21.1 Å². The number of sulfone groups is 1. The molecular formula is C17H23N3O3S2. The number of hydrogen-bond acceptors (Lipinski definition) is 6. The van der Waals surface area contributed by atoms with Crippen LogP contribution in [0.5, 0.6) is 0 Å². The Labute approximate surface area is 152 Å². The van der Waals surface area contributed by atoms with Crippen LogP contribution in [0.15, 0.2) is 29.8 Å². The van der Waals surface area contributed by atoms with Crippen LogP contribution in [0.2, 0.25) is 0 Å². The number of carbonyl (C=O) groups is 1. The zero-order valence-corrected chi connectivity index (χ0v) is 16.3. The highest BCUT2D eigenvalue weighted by molar-refractivity contribution is 7.91. The lowest BCUT2D eigenvalue weighted by Gasteiger charge is -2.27. The molecule has 0 saturated heterocycles. The van der Waals surface area contributed by atoms with Crippen molar-refractivity contribution in [2.24, 2.45) is 0 Å². The molecule has 2 aromatic heterocycles. The number of nitrogens with zero attached hydrogens (tertiary/aromatic N) is 3. The van der Waals surface area contributed by atoms with Gasteiger partial charge in [0.15, 0.2) is 9.84 Å². The van der Waals surface area contributed by atoms with Crippen molar-refractivity contribution in [3.05, 3.63) is 35.5 Å². The van der Waals surface area contributed by atoms with Crippen molar-refractivity contribution in [3.8, 4) is 10.7 Å². The fraction of sp³-hybridized carbons (Fsp3) is 0.471. The second-order valence-corrected chi connectivity index (χ2v) is 9.02. The summed E-state index contributed by atoms with van der Waals surface area (Å²) in [6.45, 7) is 5.72. The molecule has 0 aliphatic heterocycles. The SMILES string of the molecule is CCN(C(=O)Cc1csc(-c2ccccn2)n1)C(C)CS(=O)(=O)CC. The van der Waals surface area contributed by atoms with Crippen LogP contribution in [0.4, 0.5) is 0 Å². The Bertz CT molecular complexity index is 804. The van der Waals surface area contributed by atoms with Crippen LogP contribution in [0, 0.1) is 0 Å². The van der Waals surface area contributed by atoms with Gasteiger partial charge in [0.25, 0.3) is 0 Å². The van der Waals surface area contributed by atoms with E-state index in [2.05, 4.69) is 9.97 Å². The summed E-state index contributed by atoms with van der Waals surface area (Å²) < 4.78 is 23.6. The van der Waals surface area contributed by atoms with E-state index in [1.54, 1.807) is 24.9 Å². The first kappa shape index (κ1) is 19.5. The largest absolute Gasteiger partial charge is 0.339 e. The van der Waals surface area contributed by atoms with E-state index in [4.69, 9.17) is 0 Å². The van der Waals surface area contributed by atoms with Crippen molar-refractivity contribution < 1.29 is 13.2 Å². The molecule has 2 aromatic rings. The monoisotopic (exact) mass is 381 g/mol. The Morgan fingerprint density at radius 3 is 2.68 bits per heavy atom. The number of amides is 1. The van der Waals surface area contributed by atoms with E-state index in [-0.39, 0.29) is 29.9 Å². The third-order valence-corrected chi connectivity index (χ3v) is 6.68. The minimum Gasteiger partial charge on any atom is -0.339 e. The maximum absolute atomic E-state index is 12.6. The van der Waals surface area contributed by atoms with Gasteiger partial charge in [-0.25, -0.2) is 13.4 Å². The van der Waals surface area contributed by atoms with Crippen molar-refractivity contribution in [1.29, 1.82) is 0 Å². The summed E-state index contributed by atoms with van der Waals surface area (Å²) >= 11 is 1.45. The van der Waals surface area contributed by atoms with Crippen molar-refractivity contribution in [3.63, 3.8) is 0 Å². The molecular weight excluding hydrogens is 358 g/mol. The first-order valence-corrected chi connectivity index (χ1v) is 10.9. The highest BCUT2D eigenvalue weighted by Gasteiger charge is 2.24. The first-order valence-electron chi connectivity index (χ1n) is 8.22.